The van der Waals surface area contributed by atoms with Crippen LogP contribution in [0.1, 0.15) is 29.0 Å². The zero-order valence-electron chi connectivity index (χ0n) is 14.3. The van der Waals surface area contributed by atoms with E-state index in [2.05, 4.69) is 0 Å². The monoisotopic (exact) mass is 342 g/mol. The van der Waals surface area contributed by atoms with Crippen LogP contribution < -0.4 is 5.73 Å². The molecule has 1 amide bonds. The Bertz CT molecular complexity index is 736. The number of carbonyl (C=O) groups excluding carboxylic acids is 1. The van der Waals surface area contributed by atoms with Gasteiger partial charge < -0.3 is 15.4 Å². The van der Waals surface area contributed by atoms with E-state index in [0.717, 1.165) is 11.1 Å². The fourth-order valence-electron chi connectivity index (χ4n) is 3.21. The van der Waals surface area contributed by atoms with Crippen molar-refractivity contribution < 1.29 is 13.9 Å². The minimum atomic E-state index is -0.354. The Morgan fingerprint density at radius 1 is 1.28 bits per heavy atom. The molecule has 0 spiro atoms. The summed E-state index contributed by atoms with van der Waals surface area (Å²) in [5.74, 6) is -0.164. The largest absolute Gasteiger partial charge is 0.445 e. The van der Waals surface area contributed by atoms with Crippen LogP contribution in [0.25, 0.3) is 0 Å². The van der Waals surface area contributed by atoms with Crippen LogP contribution in [-0.2, 0) is 11.3 Å². The van der Waals surface area contributed by atoms with Crippen molar-refractivity contribution in [2.24, 2.45) is 5.73 Å². The van der Waals surface area contributed by atoms with Gasteiger partial charge in [-0.25, -0.2) is 9.18 Å². The van der Waals surface area contributed by atoms with E-state index in [0.29, 0.717) is 25.1 Å². The van der Waals surface area contributed by atoms with Gasteiger partial charge in [0.1, 0.15) is 12.4 Å². The number of likely N-dealkylation sites (tertiary alicyclic amines) is 1. The first kappa shape index (κ1) is 17.4. The van der Waals surface area contributed by atoms with Gasteiger partial charge in [-0.3, -0.25) is 0 Å². The number of hydrogen-bond acceptors (Lipinski definition) is 3. The van der Waals surface area contributed by atoms with Crippen LogP contribution in [0.4, 0.5) is 9.18 Å². The average Bonchev–Trinajstić information content (AvgIpc) is 2.63. The Morgan fingerprint density at radius 2 is 2.04 bits per heavy atom. The van der Waals surface area contributed by atoms with E-state index in [9.17, 15) is 9.18 Å². The van der Waals surface area contributed by atoms with E-state index < -0.39 is 0 Å². The Balaban J connectivity index is 1.57. The summed E-state index contributed by atoms with van der Waals surface area (Å²) in [7, 11) is 0. The van der Waals surface area contributed by atoms with Crippen molar-refractivity contribution in [2.45, 2.75) is 31.9 Å². The van der Waals surface area contributed by atoms with Crippen LogP contribution >= 0.6 is 0 Å². The maximum absolute atomic E-state index is 13.8. The number of amides is 1. The van der Waals surface area contributed by atoms with Crippen molar-refractivity contribution in [3.05, 3.63) is 71.0 Å². The second kappa shape index (κ2) is 7.66. The third kappa shape index (κ3) is 4.17. The molecule has 2 aromatic rings. The van der Waals surface area contributed by atoms with Crippen molar-refractivity contribution in [1.82, 2.24) is 4.90 Å². The first-order chi connectivity index (χ1) is 12.0. The Morgan fingerprint density at radius 3 is 2.72 bits per heavy atom. The van der Waals surface area contributed by atoms with Crippen molar-refractivity contribution in [1.29, 1.82) is 0 Å². The molecule has 1 aliphatic heterocycles. The third-order valence-corrected chi connectivity index (χ3v) is 4.75. The molecule has 2 aromatic carbocycles. The summed E-state index contributed by atoms with van der Waals surface area (Å²) in [6, 6.07) is 14.6. The lowest BCUT2D eigenvalue weighted by atomic mass is 9.85. The fraction of sp³-hybridized carbons (Fsp3) is 0.350. The maximum Gasteiger partial charge on any atom is 0.410 e. The molecule has 1 fully saturated rings. The zero-order valence-corrected chi connectivity index (χ0v) is 14.3. The molecule has 2 N–H and O–H groups in total. The SMILES string of the molecule is Cc1ccc([C@@H]2CCN(C(=O)OCc3ccccc3)C[C@H]2N)cc1F. The summed E-state index contributed by atoms with van der Waals surface area (Å²) >= 11 is 0. The molecule has 3 rings (SSSR count). The third-order valence-electron chi connectivity index (χ3n) is 4.75. The van der Waals surface area contributed by atoms with Crippen LogP contribution in [0.3, 0.4) is 0 Å². The van der Waals surface area contributed by atoms with Crippen molar-refractivity contribution in [2.75, 3.05) is 13.1 Å². The summed E-state index contributed by atoms with van der Waals surface area (Å²) in [6.45, 7) is 2.96. The fourth-order valence-corrected chi connectivity index (χ4v) is 3.21. The number of piperidine rings is 1. The molecule has 132 valence electrons. The highest BCUT2D eigenvalue weighted by molar-refractivity contribution is 5.68. The quantitative estimate of drug-likeness (QED) is 0.927. The predicted molar refractivity (Wildman–Crippen MR) is 94.7 cm³/mol. The van der Waals surface area contributed by atoms with Crippen molar-refractivity contribution in [3.8, 4) is 0 Å². The smallest absolute Gasteiger partial charge is 0.410 e. The molecule has 0 aromatic heterocycles. The van der Waals surface area contributed by atoms with E-state index in [1.54, 1.807) is 24.0 Å². The lowest BCUT2D eigenvalue weighted by Crippen LogP contribution is -2.49. The van der Waals surface area contributed by atoms with Gasteiger partial charge in [0, 0.05) is 25.0 Å². The van der Waals surface area contributed by atoms with E-state index >= 15 is 0 Å². The van der Waals surface area contributed by atoms with Crippen LogP contribution in [0, 0.1) is 12.7 Å². The lowest BCUT2D eigenvalue weighted by molar-refractivity contribution is 0.0831. The van der Waals surface area contributed by atoms with Gasteiger partial charge >= 0.3 is 6.09 Å². The van der Waals surface area contributed by atoms with Gasteiger partial charge in [-0.2, -0.15) is 0 Å². The first-order valence-electron chi connectivity index (χ1n) is 8.52. The Hall–Kier alpha value is -2.40. The summed E-state index contributed by atoms with van der Waals surface area (Å²) in [6.07, 6.45) is 0.345. The van der Waals surface area contributed by atoms with E-state index in [4.69, 9.17) is 10.5 Å². The molecule has 1 saturated heterocycles. The molecule has 0 saturated carbocycles. The number of rotatable bonds is 3. The predicted octanol–water partition coefficient (Wildman–Crippen LogP) is 3.59. The molecular weight excluding hydrogens is 319 g/mol. The molecule has 25 heavy (non-hydrogen) atoms. The number of aryl methyl sites for hydroxylation is 1. The molecule has 0 unspecified atom stereocenters. The Labute approximate surface area is 147 Å². The second-order valence-electron chi connectivity index (χ2n) is 6.55. The second-order valence-corrected chi connectivity index (χ2v) is 6.55. The number of nitrogens with two attached hydrogens (primary N) is 1. The van der Waals surface area contributed by atoms with E-state index in [-0.39, 0.29) is 30.5 Å². The van der Waals surface area contributed by atoms with E-state index in [1.165, 1.54) is 0 Å². The van der Waals surface area contributed by atoms with Gasteiger partial charge in [0.2, 0.25) is 0 Å². The highest BCUT2D eigenvalue weighted by Crippen LogP contribution is 2.28. The number of hydrogen-bond donors (Lipinski definition) is 1. The number of benzene rings is 2. The van der Waals surface area contributed by atoms with Crippen molar-refractivity contribution in [3.63, 3.8) is 0 Å². The lowest BCUT2D eigenvalue weighted by Gasteiger charge is -2.36. The molecular formula is C20H23FN2O2. The van der Waals surface area contributed by atoms with Gasteiger partial charge in [0.15, 0.2) is 0 Å². The van der Waals surface area contributed by atoms with Gasteiger partial charge in [-0.1, -0.05) is 42.5 Å². The van der Waals surface area contributed by atoms with Crippen LogP contribution in [-0.4, -0.2) is 30.1 Å². The van der Waals surface area contributed by atoms with Gasteiger partial charge in [0.05, 0.1) is 0 Å². The summed E-state index contributed by atoms with van der Waals surface area (Å²) in [5.41, 5.74) is 8.73. The summed E-state index contributed by atoms with van der Waals surface area (Å²) < 4.78 is 19.2. The number of carbonyl (C=O) groups is 1. The average molecular weight is 342 g/mol. The number of halogens is 1. The minimum Gasteiger partial charge on any atom is -0.445 e. The van der Waals surface area contributed by atoms with E-state index in [1.807, 2.05) is 36.4 Å². The van der Waals surface area contributed by atoms with Crippen LogP contribution in [0.2, 0.25) is 0 Å². The summed E-state index contributed by atoms with van der Waals surface area (Å²) in [5, 5.41) is 0. The van der Waals surface area contributed by atoms with Gasteiger partial charge in [0.25, 0.3) is 0 Å². The normalized spacial score (nSPS) is 20.4. The van der Waals surface area contributed by atoms with Crippen molar-refractivity contribution >= 4 is 6.09 Å². The highest BCUT2D eigenvalue weighted by atomic mass is 19.1. The Kier molecular flexibility index (Phi) is 5.34. The number of nitrogens with zero attached hydrogens (tertiary/aromatic N) is 1. The molecule has 0 radical (unpaired) electrons. The molecule has 1 heterocycles. The molecule has 0 bridgehead atoms. The molecule has 5 heteroatoms. The molecule has 0 aliphatic carbocycles. The molecule has 4 nitrogen and oxygen atoms in total. The molecule has 2 atom stereocenters. The molecule has 1 aliphatic rings. The van der Waals surface area contributed by atoms with Gasteiger partial charge in [-0.15, -0.1) is 0 Å². The highest BCUT2D eigenvalue weighted by Gasteiger charge is 2.31. The zero-order chi connectivity index (χ0) is 17.8. The summed E-state index contributed by atoms with van der Waals surface area (Å²) in [4.78, 5) is 13.9. The topological polar surface area (TPSA) is 55.6 Å². The minimum absolute atomic E-state index is 0.0493. The van der Waals surface area contributed by atoms with Crippen LogP contribution in [0.15, 0.2) is 48.5 Å². The number of ether oxygens (including phenoxy) is 1. The maximum atomic E-state index is 13.8. The van der Waals surface area contributed by atoms with Gasteiger partial charge in [-0.05, 0) is 36.1 Å². The standard InChI is InChI=1S/C20H23FN2O2/c1-14-7-8-16(11-18(14)21)17-9-10-23(12-19(17)22)20(24)25-13-15-5-3-2-4-6-15/h2-8,11,17,19H,9-10,12-13,22H2,1H3/t17-,19+/m0/s1. The first-order valence-corrected chi connectivity index (χ1v) is 8.52. The van der Waals surface area contributed by atoms with Crippen LogP contribution in [0.5, 0.6) is 0 Å².